The first-order chi connectivity index (χ1) is 9.61. The summed E-state index contributed by atoms with van der Waals surface area (Å²) in [5.74, 6) is -0.298. The van der Waals surface area contributed by atoms with Crippen LogP contribution in [0.15, 0.2) is 29.6 Å². The number of hydrogen-bond donors (Lipinski definition) is 3. The molecule has 1 aromatic carbocycles. The third-order valence-electron chi connectivity index (χ3n) is 2.96. The van der Waals surface area contributed by atoms with Gasteiger partial charge in [0.1, 0.15) is 10.7 Å². The monoisotopic (exact) mass is 327 g/mol. The van der Waals surface area contributed by atoms with Gasteiger partial charge in [-0.2, -0.15) is 0 Å². The van der Waals surface area contributed by atoms with Crippen molar-refractivity contribution in [1.82, 2.24) is 10.3 Å². The molecule has 114 valence electrons. The molecule has 0 bridgehead atoms. The van der Waals surface area contributed by atoms with Crippen LogP contribution < -0.4 is 11.1 Å². The second-order valence-electron chi connectivity index (χ2n) is 4.41. The minimum Gasteiger partial charge on any atom is -0.387 e. The van der Waals surface area contributed by atoms with Crippen molar-refractivity contribution in [2.45, 2.75) is 19.6 Å². The number of rotatable bonds is 5. The zero-order valence-electron chi connectivity index (χ0n) is 11.6. The third kappa shape index (κ3) is 4.50. The summed E-state index contributed by atoms with van der Waals surface area (Å²) in [5.41, 5.74) is 7.60. The number of carbonyl (C=O) groups excluding carboxylic acids is 1. The van der Waals surface area contributed by atoms with Gasteiger partial charge in [-0.05, 0) is 18.1 Å². The predicted octanol–water partition coefficient (Wildman–Crippen LogP) is 1.80. The van der Waals surface area contributed by atoms with Crippen molar-refractivity contribution in [1.29, 1.82) is 0 Å². The second kappa shape index (κ2) is 8.09. The number of carbonyl (C=O) groups is 1. The van der Waals surface area contributed by atoms with E-state index in [1.165, 1.54) is 11.3 Å². The molecule has 21 heavy (non-hydrogen) atoms. The van der Waals surface area contributed by atoms with Crippen LogP contribution in [0.1, 0.15) is 32.7 Å². The molecule has 0 radical (unpaired) electrons. The van der Waals surface area contributed by atoms with Gasteiger partial charge in [0.05, 0.1) is 6.10 Å². The molecule has 2 rings (SSSR count). The average molecular weight is 328 g/mol. The summed E-state index contributed by atoms with van der Waals surface area (Å²) in [6, 6.07) is 7.55. The van der Waals surface area contributed by atoms with E-state index in [4.69, 9.17) is 5.73 Å². The van der Waals surface area contributed by atoms with Crippen molar-refractivity contribution in [3.63, 3.8) is 0 Å². The van der Waals surface area contributed by atoms with Gasteiger partial charge in [-0.25, -0.2) is 4.98 Å². The number of hydrogen-bond acceptors (Lipinski definition) is 5. The first-order valence-corrected chi connectivity index (χ1v) is 7.16. The summed E-state index contributed by atoms with van der Waals surface area (Å²) in [7, 11) is 0. The Balaban J connectivity index is 0.00000220. The first kappa shape index (κ1) is 17.6. The lowest BCUT2D eigenvalue weighted by Gasteiger charge is -2.14. The van der Waals surface area contributed by atoms with Crippen molar-refractivity contribution >= 4 is 29.7 Å². The molecule has 0 aliphatic heterocycles. The van der Waals surface area contributed by atoms with Crippen LogP contribution in [0.3, 0.4) is 0 Å². The van der Waals surface area contributed by atoms with Crippen molar-refractivity contribution < 1.29 is 9.90 Å². The number of aliphatic hydroxyl groups is 1. The minimum atomic E-state index is -0.729. The maximum Gasteiger partial charge on any atom is 0.270 e. The van der Waals surface area contributed by atoms with Crippen LogP contribution in [0.4, 0.5) is 0 Å². The summed E-state index contributed by atoms with van der Waals surface area (Å²) in [4.78, 5) is 16.0. The lowest BCUT2D eigenvalue weighted by Crippen LogP contribution is -2.28. The van der Waals surface area contributed by atoms with Crippen LogP contribution >= 0.6 is 23.7 Å². The molecule has 2 aromatic rings. The van der Waals surface area contributed by atoms with E-state index in [9.17, 15) is 9.90 Å². The van der Waals surface area contributed by atoms with Gasteiger partial charge in [0.2, 0.25) is 0 Å². The van der Waals surface area contributed by atoms with E-state index in [2.05, 4.69) is 10.3 Å². The van der Waals surface area contributed by atoms with Gasteiger partial charge in [0.25, 0.3) is 5.91 Å². The molecule has 1 aromatic heterocycles. The van der Waals surface area contributed by atoms with E-state index < -0.39 is 6.10 Å². The van der Waals surface area contributed by atoms with Crippen LogP contribution in [-0.4, -0.2) is 22.5 Å². The Hall–Kier alpha value is -1.47. The number of benzene rings is 1. The van der Waals surface area contributed by atoms with Gasteiger partial charge < -0.3 is 16.2 Å². The summed E-state index contributed by atoms with van der Waals surface area (Å²) in [6.45, 7) is 2.40. The maximum atomic E-state index is 11.9. The van der Waals surface area contributed by atoms with Gasteiger partial charge in [-0.15, -0.1) is 23.7 Å². The molecular formula is C14H18ClN3O2S. The third-order valence-corrected chi connectivity index (χ3v) is 3.83. The van der Waals surface area contributed by atoms with E-state index in [1.54, 1.807) is 5.38 Å². The molecule has 7 heteroatoms. The number of amides is 1. The van der Waals surface area contributed by atoms with Crippen molar-refractivity contribution in [2.24, 2.45) is 5.73 Å². The smallest absolute Gasteiger partial charge is 0.270 e. The highest BCUT2D eigenvalue weighted by molar-refractivity contribution is 7.09. The van der Waals surface area contributed by atoms with Crippen molar-refractivity contribution in [3.05, 3.63) is 51.5 Å². The zero-order valence-corrected chi connectivity index (χ0v) is 13.2. The van der Waals surface area contributed by atoms with Crippen molar-refractivity contribution in [3.8, 4) is 0 Å². The highest BCUT2D eigenvalue weighted by atomic mass is 35.5. The lowest BCUT2D eigenvalue weighted by atomic mass is 10.0. The maximum absolute atomic E-state index is 11.9. The molecule has 1 heterocycles. The van der Waals surface area contributed by atoms with Crippen LogP contribution in [0.2, 0.25) is 0 Å². The Kier molecular flexibility index (Phi) is 6.77. The number of aryl methyl sites for hydroxylation is 1. The Morgan fingerprint density at radius 2 is 2.19 bits per heavy atom. The number of nitrogens with two attached hydrogens (primary N) is 1. The van der Waals surface area contributed by atoms with Gasteiger partial charge in [0, 0.05) is 18.5 Å². The molecule has 0 saturated carbocycles. The van der Waals surface area contributed by atoms with E-state index in [0.29, 0.717) is 12.2 Å². The number of halogens is 1. The topological polar surface area (TPSA) is 88.2 Å². The minimum absolute atomic E-state index is 0. The van der Waals surface area contributed by atoms with Crippen LogP contribution in [-0.2, 0) is 6.54 Å². The molecule has 4 N–H and O–H groups in total. The average Bonchev–Trinajstić information content (AvgIpc) is 2.94. The van der Waals surface area contributed by atoms with Gasteiger partial charge in [-0.3, -0.25) is 4.79 Å². The Labute approximate surface area is 133 Å². The molecule has 0 fully saturated rings. The standard InChI is InChI=1S/C14H17N3O2S.ClH/c1-9-4-2-3-5-10(9)12(18)7-16-14(19)11-8-20-13(6-15)17-11;/h2-5,8,12,18H,6-7,15H2,1H3,(H,16,19);1H. The first-order valence-electron chi connectivity index (χ1n) is 6.28. The Morgan fingerprint density at radius 1 is 1.48 bits per heavy atom. The molecule has 1 amide bonds. The molecule has 0 aliphatic rings. The summed E-state index contributed by atoms with van der Waals surface area (Å²) < 4.78 is 0. The van der Waals surface area contributed by atoms with E-state index in [-0.39, 0.29) is 24.9 Å². The van der Waals surface area contributed by atoms with Gasteiger partial charge in [0.15, 0.2) is 0 Å². The summed E-state index contributed by atoms with van der Waals surface area (Å²) in [6.07, 6.45) is -0.729. The highest BCUT2D eigenvalue weighted by Crippen LogP contribution is 2.16. The molecule has 1 unspecified atom stereocenters. The number of thiazole rings is 1. The van der Waals surface area contributed by atoms with Crippen molar-refractivity contribution in [2.75, 3.05) is 6.54 Å². The predicted molar refractivity (Wildman–Crippen MR) is 85.7 cm³/mol. The fourth-order valence-electron chi connectivity index (χ4n) is 1.86. The van der Waals surface area contributed by atoms with E-state index in [1.807, 2.05) is 31.2 Å². The molecular weight excluding hydrogens is 310 g/mol. The molecule has 0 saturated heterocycles. The zero-order chi connectivity index (χ0) is 14.5. The van der Waals surface area contributed by atoms with E-state index in [0.717, 1.165) is 16.1 Å². The normalized spacial score (nSPS) is 11.6. The number of nitrogens with zero attached hydrogens (tertiary/aromatic N) is 1. The molecule has 0 spiro atoms. The molecule has 1 atom stereocenters. The fourth-order valence-corrected chi connectivity index (χ4v) is 2.51. The molecule has 0 aliphatic carbocycles. The van der Waals surface area contributed by atoms with E-state index >= 15 is 0 Å². The van der Waals surface area contributed by atoms with Crippen LogP contribution in [0.25, 0.3) is 0 Å². The van der Waals surface area contributed by atoms with Crippen LogP contribution in [0, 0.1) is 6.92 Å². The summed E-state index contributed by atoms with van der Waals surface area (Å²) >= 11 is 1.35. The van der Waals surface area contributed by atoms with Crippen LogP contribution in [0.5, 0.6) is 0 Å². The van der Waals surface area contributed by atoms with Gasteiger partial charge >= 0.3 is 0 Å². The Bertz CT molecular complexity index is 603. The largest absolute Gasteiger partial charge is 0.387 e. The fraction of sp³-hybridized carbons (Fsp3) is 0.286. The number of nitrogens with one attached hydrogen (secondary N) is 1. The second-order valence-corrected chi connectivity index (χ2v) is 5.36. The molecule has 5 nitrogen and oxygen atoms in total. The highest BCUT2D eigenvalue weighted by Gasteiger charge is 2.14. The quantitative estimate of drug-likeness (QED) is 0.781. The number of aromatic nitrogens is 1. The lowest BCUT2D eigenvalue weighted by molar-refractivity contribution is 0.0911. The van der Waals surface area contributed by atoms with Gasteiger partial charge in [-0.1, -0.05) is 24.3 Å². The summed E-state index contributed by atoms with van der Waals surface area (Å²) in [5, 5.41) is 15.2. The Morgan fingerprint density at radius 3 is 2.81 bits per heavy atom. The SMILES string of the molecule is Cc1ccccc1C(O)CNC(=O)c1csc(CN)n1.Cl. The number of aliphatic hydroxyl groups excluding tert-OH is 1.